The molecule has 18 heavy (non-hydrogen) atoms. The fourth-order valence-corrected chi connectivity index (χ4v) is 1.82. The van der Waals surface area contributed by atoms with E-state index in [1.807, 2.05) is 0 Å². The van der Waals surface area contributed by atoms with Gasteiger partial charge in [0.2, 0.25) is 0 Å². The van der Waals surface area contributed by atoms with E-state index in [1.54, 1.807) is 13.8 Å². The molecule has 1 atom stereocenters. The summed E-state index contributed by atoms with van der Waals surface area (Å²) in [6.07, 6.45) is 0.167. The van der Waals surface area contributed by atoms with E-state index >= 15 is 0 Å². The summed E-state index contributed by atoms with van der Waals surface area (Å²) in [5.41, 5.74) is 5.04. The Morgan fingerprint density at radius 1 is 1.44 bits per heavy atom. The molecule has 100 valence electrons. The lowest BCUT2D eigenvalue weighted by atomic mass is 9.84. The van der Waals surface area contributed by atoms with Crippen LogP contribution in [0.5, 0.6) is 0 Å². The lowest BCUT2D eigenvalue weighted by molar-refractivity contribution is -0.151. The number of nitrogens with two attached hydrogens (primary N) is 1. The standard InChI is InChI=1S/C13H17F2NO2/c1-13(2,12(17)18-3)7-11(16)9-6-8(14)4-5-10(9)15/h4-6,11H,7,16H2,1-3H3. The first kappa shape index (κ1) is 14.6. The Kier molecular flexibility index (Phi) is 4.40. The molecular weight excluding hydrogens is 240 g/mol. The molecule has 0 heterocycles. The minimum absolute atomic E-state index is 0.0620. The number of ether oxygens (including phenoxy) is 1. The van der Waals surface area contributed by atoms with Crippen LogP contribution >= 0.6 is 0 Å². The molecule has 0 amide bonds. The van der Waals surface area contributed by atoms with Crippen LogP contribution < -0.4 is 5.73 Å². The molecule has 0 spiro atoms. The Morgan fingerprint density at radius 3 is 2.61 bits per heavy atom. The molecule has 3 nitrogen and oxygen atoms in total. The number of rotatable bonds is 4. The predicted molar refractivity (Wildman–Crippen MR) is 63.7 cm³/mol. The SMILES string of the molecule is COC(=O)C(C)(C)CC(N)c1cc(F)ccc1F. The average molecular weight is 257 g/mol. The normalized spacial score (nSPS) is 13.2. The molecule has 1 aromatic carbocycles. The second-order valence-electron chi connectivity index (χ2n) is 4.85. The summed E-state index contributed by atoms with van der Waals surface area (Å²) in [6.45, 7) is 3.30. The highest BCUT2D eigenvalue weighted by Crippen LogP contribution is 2.31. The summed E-state index contributed by atoms with van der Waals surface area (Å²) < 4.78 is 31.2. The van der Waals surface area contributed by atoms with Crippen molar-refractivity contribution in [3.05, 3.63) is 35.4 Å². The molecule has 0 saturated carbocycles. The predicted octanol–water partition coefficient (Wildman–Crippen LogP) is 2.55. The molecule has 1 rings (SSSR count). The highest BCUT2D eigenvalue weighted by Gasteiger charge is 2.32. The number of carbonyl (C=O) groups is 1. The number of halogens is 2. The van der Waals surface area contributed by atoms with Gasteiger partial charge in [0.25, 0.3) is 0 Å². The number of carbonyl (C=O) groups excluding carboxylic acids is 1. The van der Waals surface area contributed by atoms with Gasteiger partial charge in [-0.1, -0.05) is 0 Å². The van der Waals surface area contributed by atoms with Crippen molar-refractivity contribution in [2.75, 3.05) is 7.11 Å². The van der Waals surface area contributed by atoms with Gasteiger partial charge in [0, 0.05) is 11.6 Å². The van der Waals surface area contributed by atoms with Crippen LogP contribution in [0.15, 0.2) is 18.2 Å². The van der Waals surface area contributed by atoms with Gasteiger partial charge in [-0.25, -0.2) is 8.78 Å². The maximum absolute atomic E-state index is 13.5. The molecule has 0 aromatic heterocycles. The van der Waals surface area contributed by atoms with E-state index in [2.05, 4.69) is 4.74 Å². The summed E-state index contributed by atoms with van der Waals surface area (Å²) >= 11 is 0. The second-order valence-corrected chi connectivity index (χ2v) is 4.85. The summed E-state index contributed by atoms with van der Waals surface area (Å²) in [7, 11) is 1.28. The average Bonchev–Trinajstić information content (AvgIpc) is 2.30. The van der Waals surface area contributed by atoms with Crippen molar-refractivity contribution in [3.8, 4) is 0 Å². The minimum atomic E-state index is -0.854. The fourth-order valence-electron chi connectivity index (χ4n) is 1.82. The quantitative estimate of drug-likeness (QED) is 0.843. The zero-order valence-electron chi connectivity index (χ0n) is 10.7. The van der Waals surface area contributed by atoms with Crippen molar-refractivity contribution in [3.63, 3.8) is 0 Å². The Morgan fingerprint density at radius 2 is 2.06 bits per heavy atom. The molecule has 1 unspecified atom stereocenters. The third-order valence-electron chi connectivity index (χ3n) is 2.83. The Bertz CT molecular complexity index is 447. The lowest BCUT2D eigenvalue weighted by Crippen LogP contribution is -2.30. The summed E-state index contributed by atoms with van der Waals surface area (Å²) in [6, 6.07) is 2.33. The van der Waals surface area contributed by atoms with Crippen LogP contribution in [0, 0.1) is 17.0 Å². The molecule has 0 aliphatic heterocycles. The van der Waals surface area contributed by atoms with Gasteiger partial charge >= 0.3 is 5.97 Å². The third kappa shape index (κ3) is 3.26. The first-order valence-electron chi connectivity index (χ1n) is 5.57. The van der Waals surface area contributed by atoms with E-state index < -0.39 is 29.1 Å². The number of benzene rings is 1. The highest BCUT2D eigenvalue weighted by atomic mass is 19.1. The van der Waals surface area contributed by atoms with Gasteiger partial charge < -0.3 is 10.5 Å². The van der Waals surface area contributed by atoms with Gasteiger partial charge in [-0.2, -0.15) is 0 Å². The monoisotopic (exact) mass is 257 g/mol. The van der Waals surface area contributed by atoms with Crippen molar-refractivity contribution in [2.24, 2.45) is 11.1 Å². The minimum Gasteiger partial charge on any atom is -0.469 e. The maximum atomic E-state index is 13.5. The number of hydrogen-bond acceptors (Lipinski definition) is 3. The van der Waals surface area contributed by atoms with Crippen LogP contribution in [0.25, 0.3) is 0 Å². The van der Waals surface area contributed by atoms with Crippen LogP contribution in [-0.2, 0) is 9.53 Å². The van der Waals surface area contributed by atoms with Crippen LogP contribution in [0.4, 0.5) is 8.78 Å². The van der Waals surface area contributed by atoms with E-state index in [0.29, 0.717) is 0 Å². The van der Waals surface area contributed by atoms with Gasteiger partial charge in [0.15, 0.2) is 0 Å². The molecule has 0 bridgehead atoms. The van der Waals surface area contributed by atoms with Crippen LogP contribution in [-0.4, -0.2) is 13.1 Å². The van der Waals surface area contributed by atoms with E-state index in [0.717, 1.165) is 18.2 Å². The van der Waals surface area contributed by atoms with Crippen molar-refractivity contribution in [2.45, 2.75) is 26.3 Å². The number of esters is 1. The van der Waals surface area contributed by atoms with E-state index in [9.17, 15) is 13.6 Å². The summed E-state index contributed by atoms with van der Waals surface area (Å²) in [4.78, 5) is 11.5. The van der Waals surface area contributed by atoms with Crippen LogP contribution in [0.2, 0.25) is 0 Å². The smallest absolute Gasteiger partial charge is 0.311 e. The fraction of sp³-hybridized carbons (Fsp3) is 0.462. The van der Waals surface area contributed by atoms with E-state index in [1.165, 1.54) is 7.11 Å². The zero-order valence-corrected chi connectivity index (χ0v) is 10.7. The van der Waals surface area contributed by atoms with Crippen molar-refractivity contribution in [1.29, 1.82) is 0 Å². The molecule has 0 saturated heterocycles. The molecular formula is C13H17F2NO2. The van der Waals surface area contributed by atoms with Gasteiger partial charge in [0.05, 0.1) is 12.5 Å². The van der Waals surface area contributed by atoms with Crippen molar-refractivity contribution < 1.29 is 18.3 Å². The Balaban J connectivity index is 2.91. The Hall–Kier alpha value is -1.49. The molecule has 1 aromatic rings. The third-order valence-corrected chi connectivity index (χ3v) is 2.83. The first-order chi connectivity index (χ1) is 8.27. The number of methoxy groups -OCH3 is 1. The van der Waals surface area contributed by atoms with Crippen molar-refractivity contribution in [1.82, 2.24) is 0 Å². The molecule has 0 fully saturated rings. The topological polar surface area (TPSA) is 52.3 Å². The van der Waals surface area contributed by atoms with Crippen molar-refractivity contribution >= 4 is 5.97 Å². The zero-order chi connectivity index (χ0) is 13.9. The molecule has 5 heteroatoms. The molecule has 0 aliphatic carbocycles. The molecule has 0 aliphatic rings. The summed E-state index contributed by atoms with van der Waals surface area (Å²) in [5.74, 6) is -1.57. The van der Waals surface area contributed by atoms with Gasteiger partial charge in [-0.3, -0.25) is 4.79 Å². The van der Waals surface area contributed by atoms with Gasteiger partial charge in [0.1, 0.15) is 11.6 Å². The van der Waals surface area contributed by atoms with Crippen LogP contribution in [0.1, 0.15) is 31.9 Å². The lowest BCUT2D eigenvalue weighted by Gasteiger charge is -2.25. The van der Waals surface area contributed by atoms with Gasteiger partial charge in [-0.15, -0.1) is 0 Å². The first-order valence-corrected chi connectivity index (χ1v) is 5.57. The van der Waals surface area contributed by atoms with Gasteiger partial charge in [-0.05, 0) is 38.5 Å². The maximum Gasteiger partial charge on any atom is 0.311 e. The van der Waals surface area contributed by atoms with E-state index in [4.69, 9.17) is 5.73 Å². The molecule has 0 radical (unpaired) electrons. The van der Waals surface area contributed by atoms with Crippen LogP contribution in [0.3, 0.4) is 0 Å². The highest BCUT2D eigenvalue weighted by molar-refractivity contribution is 5.75. The van der Waals surface area contributed by atoms with E-state index in [-0.39, 0.29) is 12.0 Å². The molecule has 2 N–H and O–H groups in total. The largest absolute Gasteiger partial charge is 0.469 e. The number of hydrogen-bond donors (Lipinski definition) is 1. The summed E-state index contributed by atoms with van der Waals surface area (Å²) in [5, 5.41) is 0. The Labute approximate surface area is 105 Å². The second kappa shape index (κ2) is 5.44.